The molecule has 8 aromatic rings. The lowest BCUT2D eigenvalue weighted by Crippen LogP contribution is -2.51. The highest BCUT2D eigenvalue weighted by molar-refractivity contribution is 9.11. The molecule has 7 unspecified atom stereocenters. The number of aldehydes is 1. The van der Waals surface area contributed by atoms with Gasteiger partial charge in [-0.3, -0.25) is 49.2 Å². The van der Waals surface area contributed by atoms with Crippen molar-refractivity contribution in [2.24, 2.45) is 15.3 Å². The van der Waals surface area contributed by atoms with Crippen LogP contribution in [0.15, 0.2) is 182 Å². The quantitative estimate of drug-likeness (QED) is 0.0120. The second kappa shape index (κ2) is 55.5. The number of carbonyl (C=O) groups is 4. The summed E-state index contributed by atoms with van der Waals surface area (Å²) >= 11 is 9.79. The van der Waals surface area contributed by atoms with Gasteiger partial charge in [0.2, 0.25) is 0 Å². The molecule has 3 saturated heterocycles. The number of nitrogens with zero attached hydrogens (tertiary/aromatic N) is 11. The van der Waals surface area contributed by atoms with Gasteiger partial charge in [-0.15, -0.1) is 0 Å². The van der Waals surface area contributed by atoms with E-state index in [1.165, 1.54) is 46.0 Å². The van der Waals surface area contributed by atoms with Crippen LogP contribution in [0.1, 0.15) is 244 Å². The van der Waals surface area contributed by atoms with Gasteiger partial charge in [-0.25, -0.2) is 39.5 Å². The third kappa shape index (κ3) is 37.6. The Morgan fingerprint density at radius 1 is 0.517 bits per heavy atom. The van der Waals surface area contributed by atoms with E-state index in [2.05, 4.69) is 98.7 Å². The minimum Gasteiger partial charge on any atom is -0.399 e. The minimum absolute atomic E-state index is 0.0986. The zero-order chi connectivity index (χ0) is 108. The monoisotopic (exact) mass is 2260 g/mol. The summed E-state index contributed by atoms with van der Waals surface area (Å²) in [6.45, 7) is 32.8. The second-order valence-corrected chi connectivity index (χ2v) is 48.5. The molecule has 3 amide bonds. The Hall–Kier alpha value is -9.26. The van der Waals surface area contributed by atoms with Crippen LogP contribution in [0.2, 0.25) is 0 Å². The normalized spacial score (nSPS) is 18.6. The first kappa shape index (κ1) is 124. The Kier molecular flexibility index (Phi) is 48.2. The van der Waals surface area contributed by atoms with Crippen LogP contribution >= 0.6 is 47.8 Å². The molecule has 0 radical (unpaired) electrons. The Labute approximate surface area is 864 Å². The molecule has 3 aliphatic heterocycles. The number of hydrogen-bond donors (Lipinski definition) is 6. The first-order chi connectivity index (χ1) is 66.5. The van der Waals surface area contributed by atoms with Crippen molar-refractivity contribution in [3.63, 3.8) is 0 Å². The average molecular weight is 2270 g/mol. The molecule has 3 aliphatic rings. The molecule has 3 aromatic carbocycles. The topological polar surface area (TPSA) is 436 Å². The van der Waals surface area contributed by atoms with Crippen LogP contribution in [0, 0.1) is 34.0 Å². The highest BCUT2D eigenvalue weighted by atomic mass is 79.9. The first-order valence-corrected chi connectivity index (χ1v) is 51.2. The fraction of sp³-hybridized carbons (Fsp3) is 0.474. The number of ether oxygens (including phenoxy) is 2. The molecule has 11 rings (SSSR count). The van der Waals surface area contributed by atoms with Crippen molar-refractivity contribution in [3.8, 4) is 40.5 Å². The summed E-state index contributed by atoms with van der Waals surface area (Å²) in [5.41, 5.74) is 10.4. The van der Waals surface area contributed by atoms with Crippen LogP contribution in [0.3, 0.4) is 0 Å². The number of aliphatic hydroxyl groups is 1. The van der Waals surface area contributed by atoms with E-state index in [1.807, 2.05) is 147 Å². The second-order valence-electron chi connectivity index (χ2n) is 38.0. The van der Waals surface area contributed by atoms with Crippen LogP contribution < -0.4 is 31.1 Å². The lowest BCUT2D eigenvalue weighted by Gasteiger charge is -2.32. The van der Waals surface area contributed by atoms with Crippen molar-refractivity contribution in [2.75, 3.05) is 20.0 Å². The van der Waals surface area contributed by atoms with Gasteiger partial charge in [0.25, 0.3) is 17.7 Å². The maximum atomic E-state index is 13.9. The molecular formula is C97H121BBr3F9N16O13S4. The summed E-state index contributed by atoms with van der Waals surface area (Å²) in [5, 5.41) is 43.7. The summed E-state index contributed by atoms with van der Waals surface area (Å²) < 4.78 is 199. The van der Waals surface area contributed by atoms with Crippen molar-refractivity contribution in [3.05, 3.63) is 223 Å². The van der Waals surface area contributed by atoms with Gasteiger partial charge >= 0.3 is 26.4 Å². The Morgan fingerprint density at radius 3 is 1.20 bits per heavy atom. The summed E-state index contributed by atoms with van der Waals surface area (Å²) in [6.07, 6.45) is -2.12. The van der Waals surface area contributed by atoms with E-state index in [4.69, 9.17) is 40.2 Å². The highest BCUT2D eigenvalue weighted by Crippen LogP contribution is 2.45. The van der Waals surface area contributed by atoms with Crippen LogP contribution in [0.5, 0.6) is 0 Å². The number of hydrogen-bond acceptors (Lipinski definition) is 22. The molecule has 0 spiro atoms. The summed E-state index contributed by atoms with van der Waals surface area (Å²) in [4.78, 5) is 67.5. The lowest BCUT2D eigenvalue weighted by molar-refractivity contribution is -0.160. The molecule has 46 heteroatoms. The number of alkyl halides is 9. The van der Waals surface area contributed by atoms with E-state index >= 15 is 0 Å². The zero-order valence-electron chi connectivity index (χ0n) is 82.6. The molecule has 8 heterocycles. The van der Waals surface area contributed by atoms with E-state index in [1.54, 1.807) is 127 Å². The SMILES string of the molecule is CC(C)(C)S(=O)N=Cc1ccc(Br)cn1.CC(C)(C)S(=O)NC(CC#N)c1ccc(Br)cn1.CC(C)(C)S(N)=O.CC1(C)O[C@H](c2ccc(-c3ccc(C(CC#N)NS(=O)C(C)(C)C)nc3)cc2)[C@@H](CF)N1C(=O)C(F)F.CC1(C)O[C@H](c2ccc(B3OC(C)(C)C(C)(C)O3)cc2)[C@@H](CF)N1C(=O)C(F)F.N#CCC(N)c1ccc(-c2ccc([C@@H](O)[C@@H](CF)NC(=O)C(F)F)cc2)cn1.O=Cc1ccc(Br)cn1. The van der Waals surface area contributed by atoms with Crippen LogP contribution in [0.25, 0.3) is 22.3 Å². The smallest absolute Gasteiger partial charge is 0.399 e. The number of aromatic nitrogens is 5. The number of nitrogens with one attached hydrogen (secondary N) is 3. The molecule has 5 aromatic heterocycles. The van der Waals surface area contributed by atoms with Gasteiger partial charge in [0.15, 0.2) is 6.29 Å². The first-order valence-electron chi connectivity index (χ1n) is 44.2. The van der Waals surface area contributed by atoms with Crippen molar-refractivity contribution in [1.82, 2.24) is 49.5 Å². The van der Waals surface area contributed by atoms with Gasteiger partial charge in [-0.2, -0.15) is 46.5 Å². The molecular weight excluding hydrogens is 2150 g/mol. The molecule has 0 aliphatic carbocycles. The Balaban J connectivity index is 0.000000310. The van der Waals surface area contributed by atoms with Gasteiger partial charge < -0.3 is 44.7 Å². The highest BCUT2D eigenvalue weighted by Gasteiger charge is 2.55. The van der Waals surface area contributed by atoms with E-state index in [9.17, 15) is 85.9 Å². The number of nitriles is 3. The van der Waals surface area contributed by atoms with Crippen LogP contribution in [-0.4, -0.2) is 193 Å². The van der Waals surface area contributed by atoms with Crippen molar-refractivity contribution in [2.45, 2.75) is 273 Å². The Bertz CT molecular complexity index is 5700. The third-order valence-corrected chi connectivity index (χ3v) is 28.7. The summed E-state index contributed by atoms with van der Waals surface area (Å²) in [5.74, 6) is -4.54. The number of aliphatic hydroxyl groups excluding tert-OH is 1. The molecule has 143 heavy (non-hydrogen) atoms. The average Bonchev–Trinajstić information content (AvgIpc) is 1.61. The van der Waals surface area contributed by atoms with Crippen molar-refractivity contribution >= 4 is 135 Å². The predicted molar refractivity (Wildman–Crippen MR) is 545 cm³/mol. The molecule has 13 atom stereocenters. The number of pyridine rings is 5. The lowest BCUT2D eigenvalue weighted by atomic mass is 9.78. The standard InChI is InChI=1S/C26H31F3N4O3S.C20H27BF3NO4.C19H19F3N4O2.C12H16BrN3OS.C10H13BrN2OS.C6H4BrNO.C4H11NOS/c1-25(2,3)37(35)32-20(12-13-30)19-11-10-18(15-31-19)16-6-8-17(9-7-16)22-21(14-27)33(24(34)23(28)29)26(4,5)36-22;1-18(2)19(3,4)29-21(28-18)13-9-7-12(8-10-13)15-14(11-22)25(17(26)16(23)24)20(5,6)27-15;20-9-16(26-19(28)18(21)22)17(27)12-3-1-11(2-4-12)13-5-6-15(25-10-13)14(24)7-8-23;1-12(2,3)18(17)16-11(6-7-14)10-5-4-9(13)8-15-10;1-10(2,3)15(14)13-7-9-5-4-8(11)6-12-9;7-5-1-2-6(4-9)8-3-5;1-4(2,3)7(5)6/h6-11,15,20-23,32H,12,14H2,1-5H3;7-10,14-16H,11H2,1-6H3;1-6,10,14,16-18,27H,7,9,24H2,(H,26,28);4-5,8,11,16H,6H2,1-3H3;4-7H,1-3H3;1-4H;5H2,1-3H3/t20?,21-,22-,37?;14-,15-;14?,16-,17-;;;;/m111..../s1. The van der Waals surface area contributed by atoms with E-state index < -0.39 is 184 Å². The largest absolute Gasteiger partial charge is 0.494 e. The number of carbonyl (C=O) groups excluding carboxylic acids is 4. The molecule has 3 fully saturated rings. The van der Waals surface area contributed by atoms with Gasteiger partial charge in [-0.05, 0) is 268 Å². The fourth-order valence-electron chi connectivity index (χ4n) is 12.9. The van der Waals surface area contributed by atoms with Crippen molar-refractivity contribution < 1.29 is 99.4 Å². The number of nitrogens with two attached hydrogens (primary N) is 2. The van der Waals surface area contributed by atoms with Crippen LogP contribution in [-0.2, 0) is 77.1 Å². The molecule has 29 nitrogen and oxygen atoms in total. The predicted octanol–water partition coefficient (Wildman–Crippen LogP) is 18.3. The van der Waals surface area contributed by atoms with E-state index in [0.717, 1.165) is 56.6 Å². The van der Waals surface area contributed by atoms with Gasteiger partial charge in [0.1, 0.15) is 66.5 Å². The summed E-state index contributed by atoms with van der Waals surface area (Å²) in [7, 11) is -5.57. The number of rotatable bonds is 27. The fourth-order valence-corrected chi connectivity index (χ4v) is 15.8. The number of amides is 3. The maximum absolute atomic E-state index is 13.9. The van der Waals surface area contributed by atoms with Gasteiger partial charge in [0.05, 0.1) is 166 Å². The minimum atomic E-state index is -3.29. The zero-order valence-corrected chi connectivity index (χ0v) is 90.6. The van der Waals surface area contributed by atoms with E-state index in [0.29, 0.717) is 40.2 Å². The van der Waals surface area contributed by atoms with Gasteiger partial charge in [0, 0.05) is 55.5 Å². The molecule has 8 N–H and O–H groups in total. The third-order valence-electron chi connectivity index (χ3n) is 21.5. The Morgan fingerprint density at radius 2 is 0.881 bits per heavy atom. The van der Waals surface area contributed by atoms with Gasteiger partial charge in [-0.1, -0.05) is 84.9 Å². The van der Waals surface area contributed by atoms with E-state index in [-0.39, 0.29) is 45.1 Å². The number of halogens is 12. The van der Waals surface area contributed by atoms with Crippen LogP contribution in [0.4, 0.5) is 39.5 Å². The summed E-state index contributed by atoms with van der Waals surface area (Å²) in [6, 6.07) is 39.2. The number of benzene rings is 3. The molecule has 778 valence electrons. The molecule has 0 saturated carbocycles. The van der Waals surface area contributed by atoms with Crippen molar-refractivity contribution in [1.29, 1.82) is 15.8 Å². The molecule has 0 bridgehead atoms. The maximum Gasteiger partial charge on any atom is 0.494 e.